The molecule has 4 rings (SSSR count). The topological polar surface area (TPSA) is 88.1 Å². The summed E-state index contributed by atoms with van der Waals surface area (Å²) in [6, 6.07) is 6.75. The molecule has 3 aliphatic rings. The molecule has 2 fully saturated rings. The van der Waals surface area contributed by atoms with Gasteiger partial charge in [0.1, 0.15) is 17.3 Å². The summed E-state index contributed by atoms with van der Waals surface area (Å²) < 4.78 is 22.1. The van der Waals surface area contributed by atoms with E-state index in [9.17, 15) is 14.4 Å². The average molecular weight is 360 g/mol. The Labute approximate surface area is 150 Å². The van der Waals surface area contributed by atoms with Crippen molar-refractivity contribution in [2.45, 2.75) is 37.6 Å². The van der Waals surface area contributed by atoms with Gasteiger partial charge >= 0.3 is 11.9 Å². The number of ether oxygens (including phenoxy) is 4. The SMILES string of the molecule is COC(=O)C1(C(=O)OC)[C@H]2C(=O)c3ccccc3O[C@@H]2OC12CCCC2. The fourth-order valence-electron chi connectivity index (χ4n) is 4.84. The largest absolute Gasteiger partial charge is 0.468 e. The lowest BCUT2D eigenvalue weighted by molar-refractivity contribution is -0.187. The maximum Gasteiger partial charge on any atom is 0.327 e. The Morgan fingerprint density at radius 2 is 1.69 bits per heavy atom. The summed E-state index contributed by atoms with van der Waals surface area (Å²) in [6.45, 7) is 0. The van der Waals surface area contributed by atoms with E-state index in [1.54, 1.807) is 24.3 Å². The van der Waals surface area contributed by atoms with E-state index in [1.165, 1.54) is 14.2 Å². The maximum absolute atomic E-state index is 13.3. The lowest BCUT2D eigenvalue weighted by Gasteiger charge is -2.39. The van der Waals surface area contributed by atoms with Crippen molar-refractivity contribution >= 4 is 17.7 Å². The summed E-state index contributed by atoms with van der Waals surface area (Å²) in [7, 11) is 2.40. The third-order valence-corrected chi connectivity index (χ3v) is 5.90. The molecule has 0 radical (unpaired) electrons. The van der Waals surface area contributed by atoms with Gasteiger partial charge in [-0.1, -0.05) is 25.0 Å². The first kappa shape index (κ1) is 17.0. The molecule has 7 nitrogen and oxygen atoms in total. The number of esters is 2. The molecule has 0 bridgehead atoms. The van der Waals surface area contributed by atoms with Crippen LogP contribution in [0, 0.1) is 11.3 Å². The van der Waals surface area contributed by atoms with Crippen molar-refractivity contribution in [3.8, 4) is 5.75 Å². The van der Waals surface area contributed by atoms with Crippen molar-refractivity contribution in [2.24, 2.45) is 11.3 Å². The number of carbonyl (C=O) groups excluding carboxylic acids is 3. The number of methoxy groups -OCH3 is 2. The molecule has 0 amide bonds. The van der Waals surface area contributed by atoms with Gasteiger partial charge in [0.15, 0.2) is 5.78 Å². The molecule has 2 aliphatic heterocycles. The summed E-state index contributed by atoms with van der Waals surface area (Å²) in [4.78, 5) is 39.3. The molecule has 1 saturated carbocycles. The number of fused-ring (bicyclic) bond motifs is 2. The molecule has 0 unspecified atom stereocenters. The van der Waals surface area contributed by atoms with Gasteiger partial charge in [-0.3, -0.25) is 14.4 Å². The molecule has 1 aliphatic carbocycles. The van der Waals surface area contributed by atoms with Crippen LogP contribution in [0.3, 0.4) is 0 Å². The predicted octanol–water partition coefficient (Wildman–Crippen LogP) is 1.88. The first-order valence-electron chi connectivity index (χ1n) is 8.66. The third kappa shape index (κ3) is 1.89. The van der Waals surface area contributed by atoms with Crippen LogP contribution in [0.15, 0.2) is 24.3 Å². The number of para-hydroxylation sites is 1. The Kier molecular flexibility index (Phi) is 3.80. The zero-order valence-corrected chi connectivity index (χ0v) is 14.7. The Hall–Kier alpha value is -2.41. The van der Waals surface area contributed by atoms with Gasteiger partial charge in [-0.2, -0.15) is 0 Å². The maximum atomic E-state index is 13.3. The molecule has 2 atom stereocenters. The predicted molar refractivity (Wildman–Crippen MR) is 87.4 cm³/mol. The van der Waals surface area contributed by atoms with Crippen LogP contribution < -0.4 is 4.74 Å². The minimum Gasteiger partial charge on any atom is -0.468 e. The summed E-state index contributed by atoms with van der Waals surface area (Å²) >= 11 is 0. The highest BCUT2D eigenvalue weighted by atomic mass is 16.7. The van der Waals surface area contributed by atoms with Crippen LogP contribution in [0.2, 0.25) is 0 Å². The number of hydrogen-bond acceptors (Lipinski definition) is 7. The third-order valence-electron chi connectivity index (χ3n) is 5.90. The van der Waals surface area contributed by atoms with Crippen LogP contribution in [0.25, 0.3) is 0 Å². The lowest BCUT2D eigenvalue weighted by Crippen LogP contribution is -2.60. The normalized spacial score (nSPS) is 27.4. The van der Waals surface area contributed by atoms with Crippen molar-refractivity contribution in [2.75, 3.05) is 14.2 Å². The van der Waals surface area contributed by atoms with E-state index >= 15 is 0 Å². The van der Waals surface area contributed by atoms with Gasteiger partial charge in [-0.05, 0) is 25.0 Å². The minimum absolute atomic E-state index is 0.324. The van der Waals surface area contributed by atoms with Crippen molar-refractivity contribution in [3.05, 3.63) is 29.8 Å². The summed E-state index contributed by atoms with van der Waals surface area (Å²) in [5.41, 5.74) is -2.72. The number of rotatable bonds is 2. The molecule has 1 saturated heterocycles. The van der Waals surface area contributed by atoms with E-state index in [-0.39, 0.29) is 5.78 Å². The molecule has 7 heteroatoms. The number of carbonyl (C=O) groups is 3. The monoisotopic (exact) mass is 360 g/mol. The number of benzene rings is 1. The van der Waals surface area contributed by atoms with E-state index in [2.05, 4.69) is 0 Å². The second kappa shape index (κ2) is 5.81. The van der Waals surface area contributed by atoms with Crippen molar-refractivity contribution < 1.29 is 33.3 Å². The Morgan fingerprint density at radius 1 is 1.08 bits per heavy atom. The van der Waals surface area contributed by atoms with Crippen LogP contribution >= 0.6 is 0 Å². The second-order valence-corrected chi connectivity index (χ2v) is 6.93. The first-order valence-corrected chi connectivity index (χ1v) is 8.66. The van der Waals surface area contributed by atoms with Crippen LogP contribution in [0.5, 0.6) is 5.75 Å². The van der Waals surface area contributed by atoms with Crippen LogP contribution in [-0.2, 0) is 23.8 Å². The van der Waals surface area contributed by atoms with E-state index < -0.39 is 35.2 Å². The average Bonchev–Trinajstić information content (AvgIpc) is 3.24. The molecular weight excluding hydrogens is 340 g/mol. The van der Waals surface area contributed by atoms with Crippen LogP contribution in [0.4, 0.5) is 0 Å². The van der Waals surface area contributed by atoms with Gasteiger partial charge < -0.3 is 18.9 Å². The van der Waals surface area contributed by atoms with Gasteiger partial charge in [0.25, 0.3) is 0 Å². The van der Waals surface area contributed by atoms with Crippen molar-refractivity contribution in [3.63, 3.8) is 0 Å². The Morgan fingerprint density at radius 3 is 2.31 bits per heavy atom. The molecule has 0 N–H and O–H groups in total. The molecule has 1 aromatic rings. The summed E-state index contributed by atoms with van der Waals surface area (Å²) in [5, 5.41) is 0. The van der Waals surface area contributed by atoms with E-state index in [1.807, 2.05) is 0 Å². The molecule has 2 heterocycles. The van der Waals surface area contributed by atoms with E-state index in [0.717, 1.165) is 12.8 Å². The minimum atomic E-state index is -1.87. The molecule has 138 valence electrons. The lowest BCUT2D eigenvalue weighted by atomic mass is 9.62. The molecular formula is C19H20O7. The van der Waals surface area contributed by atoms with E-state index in [4.69, 9.17) is 18.9 Å². The van der Waals surface area contributed by atoms with Gasteiger partial charge in [0.2, 0.25) is 11.7 Å². The van der Waals surface area contributed by atoms with Crippen molar-refractivity contribution in [1.29, 1.82) is 0 Å². The highest BCUT2D eigenvalue weighted by Crippen LogP contribution is 2.61. The van der Waals surface area contributed by atoms with Gasteiger partial charge in [0.05, 0.1) is 19.8 Å². The van der Waals surface area contributed by atoms with Crippen molar-refractivity contribution in [1.82, 2.24) is 0 Å². The standard InChI is InChI=1S/C19H20O7/c1-23-16(21)19(17(22)24-2)13-14(20)11-7-3-4-8-12(11)25-15(13)26-18(19)9-5-6-10-18/h3-4,7-8,13,15H,5-6,9-10H2,1-2H3/t13-,15+/m0/s1. The molecule has 1 aromatic carbocycles. The fourth-order valence-corrected chi connectivity index (χ4v) is 4.84. The zero-order valence-electron chi connectivity index (χ0n) is 14.7. The van der Waals surface area contributed by atoms with Gasteiger partial charge in [0, 0.05) is 0 Å². The van der Waals surface area contributed by atoms with Crippen LogP contribution in [0.1, 0.15) is 36.0 Å². The van der Waals surface area contributed by atoms with Crippen LogP contribution in [-0.4, -0.2) is 43.8 Å². The fraction of sp³-hybridized carbons (Fsp3) is 0.526. The van der Waals surface area contributed by atoms with Gasteiger partial charge in [-0.25, -0.2) is 0 Å². The highest BCUT2D eigenvalue weighted by Gasteiger charge is 2.78. The van der Waals surface area contributed by atoms with Gasteiger partial charge in [-0.15, -0.1) is 0 Å². The quantitative estimate of drug-likeness (QED) is 0.588. The molecule has 26 heavy (non-hydrogen) atoms. The molecule has 0 aromatic heterocycles. The summed E-state index contributed by atoms with van der Waals surface area (Å²) in [6.07, 6.45) is 1.43. The number of hydrogen-bond donors (Lipinski definition) is 0. The number of ketones is 1. The first-order chi connectivity index (χ1) is 12.5. The second-order valence-electron chi connectivity index (χ2n) is 6.93. The van der Waals surface area contributed by atoms with E-state index in [0.29, 0.717) is 24.2 Å². The Balaban J connectivity index is 1.95. The zero-order chi connectivity index (χ0) is 18.5. The Bertz CT molecular complexity index is 762. The highest BCUT2D eigenvalue weighted by molar-refractivity contribution is 6.12. The summed E-state index contributed by atoms with van der Waals surface area (Å²) in [5.74, 6) is -2.74. The number of Topliss-reactive ketones (excluding diaryl/α,β-unsaturated/α-hetero) is 1. The molecule has 1 spiro atoms. The smallest absolute Gasteiger partial charge is 0.327 e.